The highest BCUT2D eigenvalue weighted by Gasteiger charge is 2.15. The molecule has 0 radical (unpaired) electrons. The molecule has 0 saturated heterocycles. The van der Waals surface area contributed by atoms with Crippen LogP contribution in [0.25, 0.3) is 0 Å². The molecule has 1 aromatic carbocycles. The lowest BCUT2D eigenvalue weighted by Crippen LogP contribution is -2.25. The van der Waals surface area contributed by atoms with Crippen LogP contribution in [0.5, 0.6) is 0 Å². The van der Waals surface area contributed by atoms with Crippen molar-refractivity contribution in [3.63, 3.8) is 0 Å². The SMILES string of the molecule is C#CCNC(=O)c1ccccc1NC(=O)c1cc(C)on1. The molecule has 106 valence electrons. The zero-order valence-corrected chi connectivity index (χ0v) is 11.3. The Labute approximate surface area is 121 Å². The number of benzene rings is 1. The Bertz CT molecular complexity index is 713. The molecule has 0 aliphatic rings. The fraction of sp³-hybridized carbons (Fsp3) is 0.133. The van der Waals surface area contributed by atoms with Crippen LogP contribution in [-0.4, -0.2) is 23.5 Å². The topological polar surface area (TPSA) is 84.2 Å². The van der Waals surface area contributed by atoms with Crippen LogP contribution < -0.4 is 10.6 Å². The van der Waals surface area contributed by atoms with E-state index >= 15 is 0 Å². The van der Waals surface area contributed by atoms with E-state index in [0.717, 1.165) is 0 Å². The molecule has 21 heavy (non-hydrogen) atoms. The van der Waals surface area contributed by atoms with Crippen molar-refractivity contribution in [3.05, 3.63) is 47.3 Å². The first-order valence-corrected chi connectivity index (χ1v) is 6.17. The summed E-state index contributed by atoms with van der Waals surface area (Å²) in [5.41, 5.74) is 0.838. The summed E-state index contributed by atoms with van der Waals surface area (Å²) >= 11 is 0. The molecule has 0 saturated carbocycles. The Morgan fingerprint density at radius 2 is 2.10 bits per heavy atom. The van der Waals surface area contributed by atoms with Crippen LogP contribution in [0.4, 0.5) is 5.69 Å². The molecule has 0 atom stereocenters. The summed E-state index contributed by atoms with van der Waals surface area (Å²) in [6.45, 7) is 1.80. The smallest absolute Gasteiger partial charge is 0.277 e. The second kappa shape index (κ2) is 6.39. The predicted molar refractivity (Wildman–Crippen MR) is 76.8 cm³/mol. The second-order valence-electron chi connectivity index (χ2n) is 4.21. The zero-order valence-electron chi connectivity index (χ0n) is 11.3. The minimum atomic E-state index is -0.455. The first-order chi connectivity index (χ1) is 10.1. The minimum absolute atomic E-state index is 0.115. The molecule has 0 bridgehead atoms. The number of carbonyl (C=O) groups is 2. The molecular formula is C15H13N3O3. The third-order valence-electron chi connectivity index (χ3n) is 2.63. The van der Waals surface area contributed by atoms with Crippen molar-refractivity contribution in [1.82, 2.24) is 10.5 Å². The molecule has 6 heteroatoms. The van der Waals surface area contributed by atoms with E-state index in [-0.39, 0.29) is 18.1 Å². The van der Waals surface area contributed by atoms with Gasteiger partial charge in [-0.15, -0.1) is 6.42 Å². The highest BCUT2D eigenvalue weighted by atomic mass is 16.5. The normalized spacial score (nSPS) is 9.71. The summed E-state index contributed by atoms with van der Waals surface area (Å²) in [6, 6.07) is 8.13. The van der Waals surface area contributed by atoms with E-state index < -0.39 is 5.91 Å². The van der Waals surface area contributed by atoms with Gasteiger partial charge in [0.1, 0.15) is 5.76 Å². The van der Waals surface area contributed by atoms with E-state index in [0.29, 0.717) is 17.0 Å². The van der Waals surface area contributed by atoms with E-state index in [1.165, 1.54) is 6.07 Å². The van der Waals surface area contributed by atoms with Crippen molar-refractivity contribution in [1.29, 1.82) is 0 Å². The molecule has 1 aromatic heterocycles. The molecule has 2 N–H and O–H groups in total. The fourth-order valence-electron chi connectivity index (χ4n) is 1.68. The van der Waals surface area contributed by atoms with Gasteiger partial charge >= 0.3 is 0 Å². The van der Waals surface area contributed by atoms with Gasteiger partial charge in [-0.25, -0.2) is 0 Å². The average Bonchev–Trinajstić information content (AvgIpc) is 2.92. The number of amides is 2. The summed E-state index contributed by atoms with van der Waals surface area (Å²) in [5.74, 6) is 2.03. The Morgan fingerprint density at radius 3 is 2.76 bits per heavy atom. The van der Waals surface area contributed by atoms with Crippen molar-refractivity contribution in [2.75, 3.05) is 11.9 Å². The predicted octanol–water partition coefficient (Wildman–Crippen LogP) is 1.60. The van der Waals surface area contributed by atoms with Gasteiger partial charge in [0.25, 0.3) is 11.8 Å². The van der Waals surface area contributed by atoms with Crippen molar-refractivity contribution in [2.45, 2.75) is 6.92 Å². The summed E-state index contributed by atoms with van der Waals surface area (Å²) < 4.78 is 4.84. The largest absolute Gasteiger partial charge is 0.361 e. The Hall–Kier alpha value is -3.07. The van der Waals surface area contributed by atoms with Crippen molar-refractivity contribution in [3.8, 4) is 12.3 Å². The standard InChI is InChI=1S/C15H13N3O3/c1-3-8-16-14(19)11-6-4-5-7-12(11)17-15(20)13-9-10(2)21-18-13/h1,4-7,9H,8H2,2H3,(H,16,19)(H,17,20). The van der Waals surface area contributed by atoms with E-state index in [1.807, 2.05) is 0 Å². The summed E-state index contributed by atoms with van der Waals surface area (Å²) in [7, 11) is 0. The minimum Gasteiger partial charge on any atom is -0.361 e. The van der Waals surface area contributed by atoms with Crippen LogP contribution in [0.15, 0.2) is 34.9 Å². The van der Waals surface area contributed by atoms with E-state index in [1.54, 1.807) is 31.2 Å². The number of anilines is 1. The van der Waals surface area contributed by atoms with Crippen LogP contribution >= 0.6 is 0 Å². The van der Waals surface area contributed by atoms with Crippen molar-refractivity contribution < 1.29 is 14.1 Å². The Balaban J connectivity index is 2.19. The van der Waals surface area contributed by atoms with Crippen LogP contribution in [0.3, 0.4) is 0 Å². The number of aromatic nitrogens is 1. The fourth-order valence-corrected chi connectivity index (χ4v) is 1.68. The molecule has 0 unspecified atom stereocenters. The maximum atomic E-state index is 12.0. The van der Waals surface area contributed by atoms with Crippen molar-refractivity contribution >= 4 is 17.5 Å². The first kappa shape index (κ1) is 14.3. The summed E-state index contributed by atoms with van der Waals surface area (Å²) in [5, 5.41) is 8.79. The van der Waals surface area contributed by atoms with Gasteiger partial charge in [0, 0.05) is 6.07 Å². The monoisotopic (exact) mass is 283 g/mol. The molecule has 6 nitrogen and oxygen atoms in total. The molecule has 2 aromatic rings. The lowest BCUT2D eigenvalue weighted by Gasteiger charge is -2.09. The molecule has 0 spiro atoms. The lowest BCUT2D eigenvalue weighted by molar-refractivity contribution is 0.0959. The first-order valence-electron chi connectivity index (χ1n) is 6.17. The van der Waals surface area contributed by atoms with Crippen LogP contribution in [-0.2, 0) is 0 Å². The molecule has 0 fully saturated rings. The highest BCUT2D eigenvalue weighted by molar-refractivity contribution is 6.08. The number of nitrogens with zero attached hydrogens (tertiary/aromatic N) is 1. The Morgan fingerprint density at radius 1 is 1.33 bits per heavy atom. The van der Waals surface area contributed by atoms with Gasteiger partial charge < -0.3 is 15.2 Å². The average molecular weight is 283 g/mol. The molecule has 0 aliphatic carbocycles. The number of nitrogens with one attached hydrogen (secondary N) is 2. The number of carbonyl (C=O) groups excluding carboxylic acids is 2. The van der Waals surface area contributed by atoms with Gasteiger partial charge in [-0.3, -0.25) is 9.59 Å². The van der Waals surface area contributed by atoms with Gasteiger partial charge in [0.05, 0.1) is 17.8 Å². The summed E-state index contributed by atoms with van der Waals surface area (Å²) in [4.78, 5) is 24.0. The number of hydrogen-bond donors (Lipinski definition) is 2. The van der Waals surface area contributed by atoms with Gasteiger partial charge in [0.15, 0.2) is 5.69 Å². The third kappa shape index (κ3) is 3.48. The number of aryl methyl sites for hydroxylation is 1. The molecule has 2 amide bonds. The number of para-hydroxylation sites is 1. The lowest BCUT2D eigenvalue weighted by atomic mass is 10.1. The van der Waals surface area contributed by atoms with Crippen LogP contribution in [0.2, 0.25) is 0 Å². The van der Waals surface area contributed by atoms with Crippen LogP contribution in [0.1, 0.15) is 26.6 Å². The molecule has 1 heterocycles. The van der Waals surface area contributed by atoms with E-state index in [2.05, 4.69) is 21.7 Å². The van der Waals surface area contributed by atoms with Gasteiger partial charge in [0.2, 0.25) is 0 Å². The molecular weight excluding hydrogens is 270 g/mol. The third-order valence-corrected chi connectivity index (χ3v) is 2.63. The highest BCUT2D eigenvalue weighted by Crippen LogP contribution is 2.16. The van der Waals surface area contributed by atoms with Gasteiger partial charge in [-0.2, -0.15) is 0 Å². The molecule has 0 aliphatic heterocycles. The van der Waals surface area contributed by atoms with E-state index in [4.69, 9.17) is 10.9 Å². The second-order valence-corrected chi connectivity index (χ2v) is 4.21. The maximum absolute atomic E-state index is 12.0. The van der Waals surface area contributed by atoms with E-state index in [9.17, 15) is 9.59 Å². The number of terminal acetylenes is 1. The maximum Gasteiger partial charge on any atom is 0.277 e. The van der Waals surface area contributed by atoms with Crippen molar-refractivity contribution in [2.24, 2.45) is 0 Å². The number of rotatable bonds is 4. The molecule has 2 rings (SSSR count). The van der Waals surface area contributed by atoms with Gasteiger partial charge in [-0.05, 0) is 19.1 Å². The quantitative estimate of drug-likeness (QED) is 0.835. The Kier molecular flexibility index (Phi) is 4.36. The summed E-state index contributed by atoms with van der Waals surface area (Å²) in [6.07, 6.45) is 5.10. The number of hydrogen-bond acceptors (Lipinski definition) is 4. The van der Waals surface area contributed by atoms with Crippen LogP contribution in [0, 0.1) is 19.3 Å². The van der Waals surface area contributed by atoms with Gasteiger partial charge in [-0.1, -0.05) is 23.2 Å². The zero-order chi connectivity index (χ0) is 15.2.